The van der Waals surface area contributed by atoms with E-state index in [2.05, 4.69) is 22.9 Å². The Hall–Kier alpha value is -2.01. The van der Waals surface area contributed by atoms with Gasteiger partial charge < -0.3 is 15.6 Å². The van der Waals surface area contributed by atoms with Crippen LogP contribution in [0.15, 0.2) is 41.9 Å². The first kappa shape index (κ1) is 15.4. The number of rotatable bonds is 5. The number of ether oxygens (including phenoxy) is 1. The van der Waals surface area contributed by atoms with Crippen molar-refractivity contribution in [2.45, 2.75) is 45.1 Å². The lowest BCUT2D eigenvalue weighted by Crippen LogP contribution is -2.23. The van der Waals surface area contributed by atoms with Gasteiger partial charge in [-0.2, -0.15) is 5.10 Å². The van der Waals surface area contributed by atoms with Crippen molar-refractivity contribution in [1.29, 1.82) is 0 Å². The number of H-pyrrole nitrogens is 1. The molecule has 0 aromatic carbocycles. The summed E-state index contributed by atoms with van der Waals surface area (Å²) in [7, 11) is 0. The molecule has 0 bridgehead atoms. The fourth-order valence-electron chi connectivity index (χ4n) is 2.48. The smallest absolute Gasteiger partial charge is 0.145 e. The zero-order chi connectivity index (χ0) is 15.6. The second-order valence-corrected chi connectivity index (χ2v) is 5.82. The average Bonchev–Trinajstić information content (AvgIpc) is 3.02. The molecule has 0 radical (unpaired) electrons. The van der Waals surface area contributed by atoms with Crippen LogP contribution in [0.5, 0.6) is 0 Å². The molecule has 0 saturated heterocycles. The Morgan fingerprint density at radius 1 is 1.62 bits per heavy atom. The van der Waals surface area contributed by atoms with Crippen molar-refractivity contribution >= 4 is 5.82 Å². The zero-order valence-corrected chi connectivity index (χ0v) is 12.8. The lowest BCUT2D eigenvalue weighted by Gasteiger charge is -2.23. The number of anilines is 1. The van der Waals surface area contributed by atoms with Gasteiger partial charge in [-0.05, 0) is 45.3 Å². The van der Waals surface area contributed by atoms with Crippen molar-refractivity contribution in [1.82, 2.24) is 10.2 Å². The van der Waals surface area contributed by atoms with Gasteiger partial charge in [-0.1, -0.05) is 12.7 Å². The highest BCUT2D eigenvalue weighted by Crippen LogP contribution is 2.36. The number of aromatic nitrogens is 2. The van der Waals surface area contributed by atoms with Crippen LogP contribution in [0, 0.1) is 0 Å². The number of nitrogens with two attached hydrogens (primary N) is 1. The summed E-state index contributed by atoms with van der Waals surface area (Å²) >= 11 is 0. The maximum atomic E-state index is 10.0. The standard InChI is InChI=1S/C16H23N3O2/c1-5-14(16(3,4)20)21-10(2)11-6-7-12(8-11)13-9-15(17)19-18-13/h5,8-9,12,20H,2,6-7H2,1,3-4H3,(H3,17,18,19)/b14-5-. The van der Waals surface area contributed by atoms with Crippen molar-refractivity contribution in [3.8, 4) is 0 Å². The summed E-state index contributed by atoms with van der Waals surface area (Å²) in [4.78, 5) is 0. The molecule has 0 fully saturated rings. The van der Waals surface area contributed by atoms with Crippen molar-refractivity contribution in [3.63, 3.8) is 0 Å². The molecule has 5 nitrogen and oxygen atoms in total. The predicted molar refractivity (Wildman–Crippen MR) is 83.3 cm³/mol. The lowest BCUT2D eigenvalue weighted by molar-refractivity contribution is 0.0602. The van der Waals surface area contributed by atoms with Gasteiger partial charge in [-0.25, -0.2) is 0 Å². The Kier molecular flexibility index (Phi) is 4.23. The van der Waals surface area contributed by atoms with Gasteiger partial charge in [0.25, 0.3) is 0 Å². The van der Waals surface area contributed by atoms with Crippen LogP contribution in [0.2, 0.25) is 0 Å². The van der Waals surface area contributed by atoms with Crippen LogP contribution in [0.3, 0.4) is 0 Å². The van der Waals surface area contributed by atoms with E-state index in [9.17, 15) is 5.11 Å². The minimum absolute atomic E-state index is 0.251. The van der Waals surface area contributed by atoms with Crippen LogP contribution in [-0.4, -0.2) is 20.9 Å². The van der Waals surface area contributed by atoms with Gasteiger partial charge >= 0.3 is 0 Å². The van der Waals surface area contributed by atoms with Crippen molar-refractivity contribution < 1.29 is 9.84 Å². The number of nitrogens with one attached hydrogen (secondary N) is 1. The molecule has 1 aromatic heterocycles. The van der Waals surface area contributed by atoms with E-state index in [1.165, 1.54) is 0 Å². The molecule has 1 aliphatic rings. The van der Waals surface area contributed by atoms with E-state index in [1.54, 1.807) is 19.9 Å². The van der Waals surface area contributed by atoms with E-state index < -0.39 is 5.60 Å². The molecular formula is C16H23N3O2. The molecule has 0 spiro atoms. The number of nitrogen functional groups attached to an aromatic ring is 1. The van der Waals surface area contributed by atoms with Crippen LogP contribution in [0.1, 0.15) is 45.2 Å². The molecule has 0 aliphatic heterocycles. The fraction of sp³-hybridized carbons (Fsp3) is 0.438. The van der Waals surface area contributed by atoms with Gasteiger partial charge in [0.05, 0.1) is 0 Å². The summed E-state index contributed by atoms with van der Waals surface area (Å²) < 4.78 is 5.74. The third kappa shape index (κ3) is 3.55. The minimum Gasteiger partial charge on any atom is -0.459 e. The van der Waals surface area contributed by atoms with Crippen LogP contribution in [0.4, 0.5) is 5.82 Å². The average molecular weight is 289 g/mol. The summed E-state index contributed by atoms with van der Waals surface area (Å²) in [6, 6.07) is 1.85. The topological polar surface area (TPSA) is 84.2 Å². The summed E-state index contributed by atoms with van der Waals surface area (Å²) in [6.45, 7) is 9.19. The van der Waals surface area contributed by atoms with E-state index in [0.29, 0.717) is 17.3 Å². The Bertz CT molecular complexity index is 591. The normalized spacial score (nSPS) is 19.5. The largest absolute Gasteiger partial charge is 0.459 e. The highest BCUT2D eigenvalue weighted by atomic mass is 16.5. The van der Waals surface area contributed by atoms with Crippen LogP contribution < -0.4 is 5.73 Å². The summed E-state index contributed by atoms with van der Waals surface area (Å²) in [6.07, 6.45) is 5.72. The number of nitrogens with zero attached hydrogens (tertiary/aromatic N) is 1. The second-order valence-electron chi connectivity index (χ2n) is 5.82. The number of hydrogen-bond donors (Lipinski definition) is 3. The summed E-state index contributed by atoms with van der Waals surface area (Å²) in [5.74, 6) is 1.84. The highest BCUT2D eigenvalue weighted by molar-refractivity contribution is 5.38. The van der Waals surface area contributed by atoms with Crippen LogP contribution >= 0.6 is 0 Å². The Morgan fingerprint density at radius 3 is 2.86 bits per heavy atom. The number of hydrogen-bond acceptors (Lipinski definition) is 4. The summed E-state index contributed by atoms with van der Waals surface area (Å²) in [5.41, 5.74) is 6.67. The van der Waals surface area contributed by atoms with E-state index in [0.717, 1.165) is 24.1 Å². The fourth-order valence-corrected chi connectivity index (χ4v) is 2.48. The highest BCUT2D eigenvalue weighted by Gasteiger charge is 2.25. The monoisotopic (exact) mass is 289 g/mol. The van der Waals surface area contributed by atoms with Gasteiger partial charge in [-0.15, -0.1) is 0 Å². The minimum atomic E-state index is -1.02. The number of allylic oxidation sites excluding steroid dienone is 3. The van der Waals surface area contributed by atoms with Gasteiger partial charge in [0, 0.05) is 17.7 Å². The van der Waals surface area contributed by atoms with E-state index in [-0.39, 0.29) is 5.92 Å². The first-order valence-electron chi connectivity index (χ1n) is 7.09. The first-order valence-corrected chi connectivity index (χ1v) is 7.09. The molecule has 5 heteroatoms. The third-order valence-corrected chi connectivity index (χ3v) is 3.60. The van der Waals surface area contributed by atoms with Gasteiger partial charge in [0.2, 0.25) is 0 Å². The quantitative estimate of drug-likeness (QED) is 0.727. The maximum Gasteiger partial charge on any atom is 0.145 e. The zero-order valence-electron chi connectivity index (χ0n) is 12.8. The molecule has 4 N–H and O–H groups in total. The number of aromatic amines is 1. The SMILES string of the molecule is C=C(O/C(=C\C)C(C)(C)O)C1=CC(c2cc(N)n[nH]2)CC1. The van der Waals surface area contributed by atoms with Crippen molar-refractivity contribution in [2.75, 3.05) is 5.73 Å². The molecule has 1 unspecified atom stereocenters. The Labute approximate surface area is 125 Å². The van der Waals surface area contributed by atoms with Crippen molar-refractivity contribution in [2.24, 2.45) is 0 Å². The number of aliphatic hydroxyl groups is 1. The van der Waals surface area contributed by atoms with Crippen LogP contribution in [-0.2, 0) is 4.74 Å². The molecule has 1 aromatic rings. The third-order valence-electron chi connectivity index (χ3n) is 3.60. The van der Waals surface area contributed by atoms with Gasteiger partial charge in [0.1, 0.15) is 22.9 Å². The van der Waals surface area contributed by atoms with Crippen LogP contribution in [0.25, 0.3) is 0 Å². The molecule has 0 amide bonds. The lowest BCUT2D eigenvalue weighted by atomic mass is 10.1. The summed E-state index contributed by atoms with van der Waals surface area (Å²) in [5, 5.41) is 16.9. The molecule has 2 rings (SSSR count). The first-order chi connectivity index (χ1) is 9.81. The molecule has 1 heterocycles. The molecule has 114 valence electrons. The molecule has 0 saturated carbocycles. The van der Waals surface area contributed by atoms with Crippen molar-refractivity contribution in [3.05, 3.63) is 47.6 Å². The van der Waals surface area contributed by atoms with Gasteiger partial charge in [-0.3, -0.25) is 5.10 Å². The Morgan fingerprint density at radius 2 is 2.33 bits per heavy atom. The molecule has 1 atom stereocenters. The maximum absolute atomic E-state index is 10.0. The molecule has 21 heavy (non-hydrogen) atoms. The molecular weight excluding hydrogens is 266 g/mol. The van der Waals surface area contributed by atoms with Gasteiger partial charge in [0.15, 0.2) is 0 Å². The molecule has 1 aliphatic carbocycles. The second kappa shape index (κ2) is 5.77. The van der Waals surface area contributed by atoms with E-state index >= 15 is 0 Å². The predicted octanol–water partition coefficient (Wildman–Crippen LogP) is 3.00. The Balaban J connectivity index is 2.07. The van der Waals surface area contributed by atoms with E-state index in [1.807, 2.05) is 13.0 Å². The van der Waals surface area contributed by atoms with E-state index in [4.69, 9.17) is 10.5 Å².